The molecule has 9 nitrogen and oxygen atoms in total. The Morgan fingerprint density at radius 2 is 2.10 bits per heavy atom. The standard InChI is InChI=1S/C21H27N7O2/c1-14(2)28-18-8-4-3-7-17(18)25-20(28)15-6-5-9-26(11-15)21(30)24-16-10-23-27(12-16)13-19(22)29/h3-4,7-8,10,12,14-15H,5-6,9,11,13H2,1-2H3,(H2,22,29)(H,24,30)/t15-/m1/s1. The topological polar surface area (TPSA) is 111 Å². The second kappa shape index (κ2) is 8.17. The van der Waals surface area contributed by atoms with Crippen LogP contribution in [0, 0.1) is 0 Å². The molecule has 0 unspecified atom stereocenters. The Morgan fingerprint density at radius 1 is 1.30 bits per heavy atom. The van der Waals surface area contributed by atoms with Gasteiger partial charge in [0.1, 0.15) is 12.4 Å². The van der Waals surface area contributed by atoms with Crippen LogP contribution in [-0.2, 0) is 11.3 Å². The average Bonchev–Trinajstić information content (AvgIpc) is 3.31. The Labute approximate surface area is 174 Å². The number of carbonyl (C=O) groups is 2. The number of fused-ring (bicyclic) bond motifs is 1. The van der Waals surface area contributed by atoms with Gasteiger partial charge in [-0.05, 0) is 38.8 Å². The van der Waals surface area contributed by atoms with Crippen LogP contribution in [-0.4, -0.2) is 49.3 Å². The van der Waals surface area contributed by atoms with E-state index in [4.69, 9.17) is 10.7 Å². The van der Waals surface area contributed by atoms with Crippen molar-refractivity contribution >= 4 is 28.7 Å². The molecule has 0 radical (unpaired) electrons. The van der Waals surface area contributed by atoms with Gasteiger partial charge in [0.25, 0.3) is 0 Å². The molecule has 1 aliphatic heterocycles. The van der Waals surface area contributed by atoms with Gasteiger partial charge in [0.2, 0.25) is 5.91 Å². The number of likely N-dealkylation sites (tertiary alicyclic amines) is 1. The fraction of sp³-hybridized carbons (Fsp3) is 0.429. The lowest BCUT2D eigenvalue weighted by molar-refractivity contribution is -0.118. The molecule has 30 heavy (non-hydrogen) atoms. The zero-order valence-electron chi connectivity index (χ0n) is 17.3. The van der Waals surface area contributed by atoms with Gasteiger partial charge < -0.3 is 20.5 Å². The van der Waals surface area contributed by atoms with Crippen molar-refractivity contribution < 1.29 is 9.59 Å². The summed E-state index contributed by atoms with van der Waals surface area (Å²) in [7, 11) is 0. The van der Waals surface area contributed by atoms with Crippen LogP contribution in [0.15, 0.2) is 36.7 Å². The first-order valence-electron chi connectivity index (χ1n) is 10.3. The van der Waals surface area contributed by atoms with Crippen molar-refractivity contribution in [1.29, 1.82) is 0 Å². The van der Waals surface area contributed by atoms with Crippen LogP contribution < -0.4 is 11.1 Å². The number of piperidine rings is 1. The minimum atomic E-state index is -0.483. The predicted molar refractivity (Wildman–Crippen MR) is 114 cm³/mol. The summed E-state index contributed by atoms with van der Waals surface area (Å²) in [6, 6.07) is 8.28. The maximum atomic E-state index is 12.8. The first-order valence-corrected chi connectivity index (χ1v) is 10.3. The van der Waals surface area contributed by atoms with Crippen LogP contribution in [0.4, 0.5) is 10.5 Å². The van der Waals surface area contributed by atoms with E-state index in [1.165, 1.54) is 10.9 Å². The summed E-state index contributed by atoms with van der Waals surface area (Å²) < 4.78 is 3.69. The van der Waals surface area contributed by atoms with Gasteiger partial charge in [0.15, 0.2) is 0 Å². The lowest BCUT2D eigenvalue weighted by atomic mass is 9.97. The van der Waals surface area contributed by atoms with E-state index >= 15 is 0 Å². The van der Waals surface area contributed by atoms with Gasteiger partial charge in [-0.15, -0.1) is 0 Å². The highest BCUT2D eigenvalue weighted by atomic mass is 16.2. The molecule has 4 rings (SSSR count). The number of imidazole rings is 1. The Bertz CT molecular complexity index is 1070. The number of nitrogens with zero attached hydrogens (tertiary/aromatic N) is 5. The van der Waals surface area contributed by atoms with E-state index in [0.717, 1.165) is 29.7 Å². The molecule has 1 saturated heterocycles. The summed E-state index contributed by atoms with van der Waals surface area (Å²) in [6.07, 6.45) is 5.03. The number of anilines is 1. The number of hydrogen-bond donors (Lipinski definition) is 2. The summed E-state index contributed by atoms with van der Waals surface area (Å²) in [5.74, 6) is 0.734. The fourth-order valence-electron chi connectivity index (χ4n) is 4.14. The third kappa shape index (κ3) is 4.00. The summed E-state index contributed by atoms with van der Waals surface area (Å²) in [4.78, 5) is 30.6. The van der Waals surface area contributed by atoms with Crippen molar-refractivity contribution in [3.8, 4) is 0 Å². The van der Waals surface area contributed by atoms with Crippen LogP contribution in [0.1, 0.15) is 44.5 Å². The number of hydrogen-bond acceptors (Lipinski definition) is 4. The van der Waals surface area contributed by atoms with Gasteiger partial charge in [-0.1, -0.05) is 12.1 Å². The maximum absolute atomic E-state index is 12.8. The van der Waals surface area contributed by atoms with Crippen LogP contribution in [0.2, 0.25) is 0 Å². The summed E-state index contributed by atoms with van der Waals surface area (Å²) in [5, 5.41) is 6.91. The van der Waals surface area contributed by atoms with Crippen molar-refractivity contribution in [3.63, 3.8) is 0 Å². The van der Waals surface area contributed by atoms with Crippen molar-refractivity contribution in [2.24, 2.45) is 5.73 Å². The predicted octanol–water partition coefficient (Wildman–Crippen LogP) is 2.71. The molecule has 0 bridgehead atoms. The van der Waals surface area contributed by atoms with E-state index in [9.17, 15) is 9.59 Å². The summed E-state index contributed by atoms with van der Waals surface area (Å²) in [6.45, 7) is 5.60. The van der Waals surface area contributed by atoms with Gasteiger partial charge in [-0.3, -0.25) is 9.48 Å². The SMILES string of the molecule is CC(C)n1c([C@@H]2CCCN(C(=O)Nc3cnn(CC(N)=O)c3)C2)nc2ccccc21. The third-order valence-electron chi connectivity index (χ3n) is 5.42. The van der Waals surface area contributed by atoms with Gasteiger partial charge in [-0.25, -0.2) is 9.78 Å². The molecule has 3 aromatic rings. The molecule has 2 aromatic heterocycles. The summed E-state index contributed by atoms with van der Waals surface area (Å²) >= 11 is 0. The minimum absolute atomic E-state index is 0.0208. The molecule has 9 heteroatoms. The van der Waals surface area contributed by atoms with Crippen LogP contribution >= 0.6 is 0 Å². The van der Waals surface area contributed by atoms with E-state index in [2.05, 4.69) is 34.9 Å². The van der Waals surface area contributed by atoms with Crippen LogP contribution in [0.5, 0.6) is 0 Å². The monoisotopic (exact) mass is 409 g/mol. The van der Waals surface area contributed by atoms with Gasteiger partial charge in [0.05, 0.1) is 22.9 Å². The lowest BCUT2D eigenvalue weighted by Gasteiger charge is -2.33. The zero-order valence-corrected chi connectivity index (χ0v) is 17.3. The molecule has 0 aliphatic carbocycles. The van der Waals surface area contributed by atoms with E-state index in [1.54, 1.807) is 6.20 Å². The number of rotatable bonds is 5. The number of amides is 3. The molecule has 0 spiro atoms. The molecule has 3 heterocycles. The van der Waals surface area contributed by atoms with E-state index in [-0.39, 0.29) is 24.5 Å². The zero-order chi connectivity index (χ0) is 21.3. The Morgan fingerprint density at radius 3 is 2.87 bits per heavy atom. The second-order valence-electron chi connectivity index (χ2n) is 8.03. The lowest BCUT2D eigenvalue weighted by Crippen LogP contribution is -2.42. The number of urea groups is 1. The highest BCUT2D eigenvalue weighted by Crippen LogP contribution is 2.31. The highest BCUT2D eigenvalue weighted by Gasteiger charge is 2.29. The molecule has 0 saturated carbocycles. The highest BCUT2D eigenvalue weighted by molar-refractivity contribution is 5.89. The Balaban J connectivity index is 1.50. The van der Waals surface area contributed by atoms with Crippen LogP contribution in [0.25, 0.3) is 11.0 Å². The largest absolute Gasteiger partial charge is 0.368 e. The second-order valence-corrected chi connectivity index (χ2v) is 8.03. The van der Waals surface area contributed by atoms with Crippen molar-refractivity contribution in [3.05, 3.63) is 42.5 Å². The van der Waals surface area contributed by atoms with E-state index in [1.807, 2.05) is 23.1 Å². The van der Waals surface area contributed by atoms with E-state index < -0.39 is 5.91 Å². The molecule has 1 aromatic carbocycles. The molecular formula is C21H27N7O2. The Hall–Kier alpha value is -3.36. The number of benzene rings is 1. The molecule has 1 fully saturated rings. The van der Waals surface area contributed by atoms with Gasteiger partial charge in [-0.2, -0.15) is 5.10 Å². The van der Waals surface area contributed by atoms with Crippen molar-refractivity contribution in [1.82, 2.24) is 24.2 Å². The Kier molecular flexibility index (Phi) is 5.43. The maximum Gasteiger partial charge on any atom is 0.321 e. The fourth-order valence-corrected chi connectivity index (χ4v) is 4.14. The first-order chi connectivity index (χ1) is 14.4. The number of primary amides is 1. The van der Waals surface area contributed by atoms with E-state index in [0.29, 0.717) is 18.8 Å². The molecule has 3 amide bonds. The average molecular weight is 409 g/mol. The van der Waals surface area contributed by atoms with Gasteiger partial charge >= 0.3 is 6.03 Å². The number of nitrogens with two attached hydrogens (primary N) is 1. The number of aromatic nitrogens is 4. The molecular weight excluding hydrogens is 382 g/mol. The number of para-hydroxylation sites is 2. The molecule has 1 atom stereocenters. The molecule has 1 aliphatic rings. The van der Waals surface area contributed by atoms with Gasteiger partial charge in [0, 0.05) is 31.2 Å². The normalized spacial score (nSPS) is 16.9. The quantitative estimate of drug-likeness (QED) is 0.675. The number of nitrogens with one attached hydrogen (secondary N) is 1. The summed E-state index contributed by atoms with van der Waals surface area (Å²) in [5.41, 5.74) is 7.84. The van der Waals surface area contributed by atoms with Crippen molar-refractivity contribution in [2.45, 2.75) is 45.2 Å². The smallest absolute Gasteiger partial charge is 0.321 e. The van der Waals surface area contributed by atoms with Crippen LogP contribution in [0.3, 0.4) is 0 Å². The number of carbonyl (C=O) groups excluding carboxylic acids is 2. The first kappa shape index (κ1) is 19.9. The molecule has 3 N–H and O–H groups in total. The molecule has 158 valence electrons. The van der Waals surface area contributed by atoms with Crippen molar-refractivity contribution in [2.75, 3.05) is 18.4 Å². The third-order valence-corrected chi connectivity index (χ3v) is 5.42. The minimum Gasteiger partial charge on any atom is -0.368 e.